The fourth-order valence-corrected chi connectivity index (χ4v) is 1.74. The topological polar surface area (TPSA) is 96.2 Å². The summed E-state index contributed by atoms with van der Waals surface area (Å²) in [6.07, 6.45) is 3.64. The molecule has 0 bridgehead atoms. The molecule has 2 heterocycles. The van der Waals surface area contributed by atoms with Gasteiger partial charge in [-0.25, -0.2) is 4.52 Å². The van der Waals surface area contributed by atoms with Crippen molar-refractivity contribution in [3.05, 3.63) is 36.2 Å². The van der Waals surface area contributed by atoms with Crippen molar-refractivity contribution in [3.8, 4) is 0 Å². The van der Waals surface area contributed by atoms with Crippen molar-refractivity contribution < 1.29 is 10.0 Å². The molecule has 0 aliphatic rings. The molecule has 2 aromatic rings. The molecule has 0 fully saturated rings. The highest BCUT2D eigenvalue weighted by molar-refractivity contribution is 6.00. The number of aromatic nitrogens is 2. The van der Waals surface area contributed by atoms with Gasteiger partial charge in [-0.05, 0) is 12.1 Å². The van der Waals surface area contributed by atoms with Gasteiger partial charge < -0.3 is 15.8 Å². The fourth-order valence-electron chi connectivity index (χ4n) is 1.74. The predicted molar refractivity (Wildman–Crippen MR) is 70.2 cm³/mol. The summed E-state index contributed by atoms with van der Waals surface area (Å²) in [6.45, 7) is 0.374. The maximum Gasteiger partial charge on any atom is 0.257 e. The van der Waals surface area contributed by atoms with Crippen molar-refractivity contribution in [3.63, 3.8) is 0 Å². The molecule has 1 amide bonds. The number of fused-ring (bicyclic) bond motifs is 1. The SMILES string of the molecule is CN(CC/C(N)=N/O)C(=O)c1cnn2ccccc12. The molecule has 0 saturated heterocycles. The lowest BCUT2D eigenvalue weighted by molar-refractivity contribution is 0.0800. The number of amidine groups is 1. The van der Waals surface area contributed by atoms with E-state index in [2.05, 4.69) is 10.3 Å². The fraction of sp³-hybridized carbons (Fsp3) is 0.250. The molecule has 0 radical (unpaired) electrons. The average molecular weight is 261 g/mol. The van der Waals surface area contributed by atoms with Crippen LogP contribution in [0.1, 0.15) is 16.8 Å². The maximum absolute atomic E-state index is 12.3. The summed E-state index contributed by atoms with van der Waals surface area (Å²) < 4.78 is 1.64. The van der Waals surface area contributed by atoms with Crippen LogP contribution >= 0.6 is 0 Å². The van der Waals surface area contributed by atoms with Gasteiger partial charge in [-0.15, -0.1) is 0 Å². The first-order chi connectivity index (χ1) is 9.13. The summed E-state index contributed by atoms with van der Waals surface area (Å²) in [5, 5.41) is 15.4. The maximum atomic E-state index is 12.3. The minimum absolute atomic E-state index is 0.0968. The molecule has 0 aliphatic carbocycles. The largest absolute Gasteiger partial charge is 0.409 e. The summed E-state index contributed by atoms with van der Waals surface area (Å²) in [5.74, 6) is -0.0496. The van der Waals surface area contributed by atoms with Crippen LogP contribution in [0.3, 0.4) is 0 Å². The summed E-state index contributed by atoms with van der Waals surface area (Å²) in [4.78, 5) is 13.8. The van der Waals surface area contributed by atoms with Gasteiger partial charge in [0.2, 0.25) is 0 Å². The van der Waals surface area contributed by atoms with Crippen LogP contribution in [0.5, 0.6) is 0 Å². The second kappa shape index (κ2) is 5.38. The Balaban J connectivity index is 2.15. The van der Waals surface area contributed by atoms with Gasteiger partial charge in [0.05, 0.1) is 17.3 Å². The molecule has 3 N–H and O–H groups in total. The van der Waals surface area contributed by atoms with E-state index >= 15 is 0 Å². The highest BCUT2D eigenvalue weighted by atomic mass is 16.4. The number of hydrogen-bond donors (Lipinski definition) is 2. The number of carbonyl (C=O) groups excluding carboxylic acids is 1. The minimum atomic E-state index is -0.146. The number of rotatable bonds is 4. The van der Waals surface area contributed by atoms with Gasteiger partial charge in [-0.2, -0.15) is 5.10 Å². The lowest BCUT2D eigenvalue weighted by atomic mass is 10.2. The molecule has 0 aliphatic heterocycles. The molecule has 7 nitrogen and oxygen atoms in total. The Morgan fingerprint density at radius 2 is 2.37 bits per heavy atom. The van der Waals surface area contributed by atoms with E-state index in [4.69, 9.17) is 10.9 Å². The Kier molecular flexibility index (Phi) is 3.65. The number of nitrogens with zero attached hydrogens (tertiary/aromatic N) is 4. The van der Waals surface area contributed by atoms with Crippen LogP contribution < -0.4 is 5.73 Å². The summed E-state index contributed by atoms with van der Waals surface area (Å²) in [7, 11) is 1.67. The smallest absolute Gasteiger partial charge is 0.257 e. The molecule has 100 valence electrons. The van der Waals surface area contributed by atoms with Gasteiger partial charge in [-0.1, -0.05) is 11.2 Å². The molecule has 0 aromatic carbocycles. The summed E-state index contributed by atoms with van der Waals surface area (Å²) >= 11 is 0. The van der Waals surface area contributed by atoms with E-state index in [9.17, 15) is 4.79 Å². The van der Waals surface area contributed by atoms with Crippen molar-refractivity contribution in [2.75, 3.05) is 13.6 Å². The number of amides is 1. The van der Waals surface area contributed by atoms with Crippen molar-refractivity contribution >= 4 is 17.3 Å². The van der Waals surface area contributed by atoms with Crippen LogP contribution in [0.25, 0.3) is 5.52 Å². The van der Waals surface area contributed by atoms with Gasteiger partial charge >= 0.3 is 0 Å². The predicted octanol–water partition coefficient (Wildman–Crippen LogP) is 0.543. The molecule has 0 atom stereocenters. The van der Waals surface area contributed by atoms with Crippen LogP contribution in [-0.4, -0.2) is 45.1 Å². The Morgan fingerprint density at radius 3 is 3.11 bits per heavy atom. The van der Waals surface area contributed by atoms with Crippen molar-refractivity contribution in [2.24, 2.45) is 10.9 Å². The zero-order valence-corrected chi connectivity index (χ0v) is 10.5. The molecule has 0 spiro atoms. The van der Waals surface area contributed by atoms with Gasteiger partial charge in [0.25, 0.3) is 5.91 Å². The van der Waals surface area contributed by atoms with E-state index in [-0.39, 0.29) is 11.7 Å². The molecule has 0 unspecified atom stereocenters. The van der Waals surface area contributed by atoms with Gasteiger partial charge in [0, 0.05) is 26.2 Å². The van der Waals surface area contributed by atoms with Crippen molar-refractivity contribution in [1.29, 1.82) is 0 Å². The number of carbonyl (C=O) groups is 1. The molecule has 7 heteroatoms. The molecular formula is C12H15N5O2. The van der Waals surface area contributed by atoms with Crippen molar-refractivity contribution in [2.45, 2.75) is 6.42 Å². The number of nitrogens with two attached hydrogens (primary N) is 1. The summed E-state index contributed by atoms with van der Waals surface area (Å²) in [5.41, 5.74) is 6.66. The molecule has 19 heavy (non-hydrogen) atoms. The highest BCUT2D eigenvalue weighted by Crippen LogP contribution is 2.12. The number of oxime groups is 1. The van der Waals surface area contributed by atoms with Crippen LogP contribution in [0.15, 0.2) is 35.7 Å². The van der Waals surface area contributed by atoms with E-state index in [1.807, 2.05) is 18.2 Å². The normalized spacial score (nSPS) is 11.7. The van der Waals surface area contributed by atoms with Gasteiger partial charge in [0.15, 0.2) is 0 Å². The Hall–Kier alpha value is -2.57. The third-order valence-electron chi connectivity index (χ3n) is 2.84. The number of pyridine rings is 1. The Morgan fingerprint density at radius 1 is 1.58 bits per heavy atom. The standard InChI is InChI=1S/C12H15N5O2/c1-16(7-5-11(13)15-19)12(18)9-8-14-17-6-3-2-4-10(9)17/h2-4,6,8,19H,5,7H2,1H3,(H2,13,15). The second-order valence-corrected chi connectivity index (χ2v) is 4.16. The second-order valence-electron chi connectivity index (χ2n) is 4.16. The lowest BCUT2D eigenvalue weighted by Gasteiger charge is -2.15. The first kappa shape index (κ1) is 12.9. The van der Waals surface area contributed by atoms with E-state index in [0.717, 1.165) is 5.52 Å². The highest BCUT2D eigenvalue weighted by Gasteiger charge is 2.16. The Labute approximate surface area is 109 Å². The molecular weight excluding hydrogens is 246 g/mol. The monoisotopic (exact) mass is 261 g/mol. The van der Waals surface area contributed by atoms with Gasteiger partial charge in [0.1, 0.15) is 5.84 Å². The van der Waals surface area contributed by atoms with E-state index in [0.29, 0.717) is 18.5 Å². The first-order valence-electron chi connectivity index (χ1n) is 5.77. The molecule has 2 aromatic heterocycles. The van der Waals surface area contributed by atoms with E-state index in [1.54, 1.807) is 17.8 Å². The van der Waals surface area contributed by atoms with Crippen LogP contribution in [0.2, 0.25) is 0 Å². The zero-order chi connectivity index (χ0) is 13.8. The van der Waals surface area contributed by atoms with E-state index in [1.165, 1.54) is 11.1 Å². The van der Waals surface area contributed by atoms with Crippen molar-refractivity contribution in [1.82, 2.24) is 14.5 Å². The lowest BCUT2D eigenvalue weighted by Crippen LogP contribution is -2.30. The van der Waals surface area contributed by atoms with E-state index < -0.39 is 0 Å². The zero-order valence-electron chi connectivity index (χ0n) is 10.5. The van der Waals surface area contributed by atoms with Gasteiger partial charge in [-0.3, -0.25) is 4.79 Å². The quantitative estimate of drug-likeness (QED) is 0.363. The van der Waals surface area contributed by atoms with Crippen LogP contribution in [0.4, 0.5) is 0 Å². The first-order valence-corrected chi connectivity index (χ1v) is 5.77. The third-order valence-corrected chi connectivity index (χ3v) is 2.84. The number of hydrogen-bond acceptors (Lipinski definition) is 4. The minimum Gasteiger partial charge on any atom is -0.409 e. The molecule has 0 saturated carbocycles. The van der Waals surface area contributed by atoms with Crippen LogP contribution in [0, 0.1) is 0 Å². The summed E-state index contributed by atoms with van der Waals surface area (Å²) in [6, 6.07) is 5.53. The Bertz CT molecular complexity index is 619. The molecule has 2 rings (SSSR count). The third kappa shape index (κ3) is 2.65. The average Bonchev–Trinajstić information content (AvgIpc) is 2.87. The van der Waals surface area contributed by atoms with Crippen LogP contribution in [-0.2, 0) is 0 Å².